The van der Waals surface area contributed by atoms with Gasteiger partial charge in [0.1, 0.15) is 11.4 Å². The SMILES string of the molecule is COc1ccc2cc([C@H](C)c3csc(N)[nH+]3)ccc2c1. The zero-order chi connectivity index (χ0) is 14.1. The molecule has 2 aromatic carbocycles. The molecule has 1 heterocycles. The highest BCUT2D eigenvalue weighted by Crippen LogP contribution is 2.28. The first-order valence-corrected chi connectivity index (χ1v) is 7.39. The van der Waals surface area contributed by atoms with Crippen molar-refractivity contribution in [2.75, 3.05) is 12.8 Å². The molecule has 0 amide bonds. The van der Waals surface area contributed by atoms with Crippen molar-refractivity contribution < 1.29 is 9.72 Å². The summed E-state index contributed by atoms with van der Waals surface area (Å²) in [5.41, 5.74) is 8.19. The molecule has 0 radical (unpaired) electrons. The number of methoxy groups -OCH3 is 1. The van der Waals surface area contributed by atoms with Crippen molar-refractivity contribution in [2.24, 2.45) is 0 Å². The zero-order valence-electron chi connectivity index (χ0n) is 11.5. The molecule has 0 saturated heterocycles. The monoisotopic (exact) mass is 285 g/mol. The molecule has 0 unspecified atom stereocenters. The molecule has 4 heteroatoms. The molecule has 3 N–H and O–H groups in total. The number of nitrogen functional groups attached to an aromatic ring is 1. The van der Waals surface area contributed by atoms with E-state index in [1.54, 1.807) is 18.4 Å². The average molecular weight is 285 g/mol. The maximum absolute atomic E-state index is 5.77. The lowest BCUT2D eigenvalue weighted by Gasteiger charge is -2.10. The second-order valence-corrected chi connectivity index (χ2v) is 5.79. The van der Waals surface area contributed by atoms with E-state index >= 15 is 0 Å². The Morgan fingerprint density at radius 1 is 1.15 bits per heavy atom. The third kappa shape index (κ3) is 2.34. The first kappa shape index (κ1) is 12.9. The van der Waals surface area contributed by atoms with E-state index in [0.29, 0.717) is 5.92 Å². The number of thiazole rings is 1. The van der Waals surface area contributed by atoms with Gasteiger partial charge in [-0.2, -0.15) is 0 Å². The van der Waals surface area contributed by atoms with Crippen LogP contribution < -0.4 is 15.5 Å². The number of benzene rings is 2. The van der Waals surface area contributed by atoms with Crippen LogP contribution in [0.15, 0.2) is 41.8 Å². The molecule has 0 aliphatic carbocycles. The second kappa shape index (κ2) is 5.13. The van der Waals surface area contributed by atoms with Crippen LogP contribution in [0.4, 0.5) is 5.13 Å². The minimum absolute atomic E-state index is 0.301. The molecular formula is C16H17N2OS+. The molecule has 102 valence electrons. The number of hydrogen-bond donors (Lipinski definition) is 1. The summed E-state index contributed by atoms with van der Waals surface area (Å²) in [4.78, 5) is 3.22. The van der Waals surface area contributed by atoms with Crippen molar-refractivity contribution in [3.05, 3.63) is 53.0 Å². The number of anilines is 1. The summed E-state index contributed by atoms with van der Waals surface area (Å²) < 4.78 is 5.25. The lowest BCUT2D eigenvalue weighted by molar-refractivity contribution is -0.368. The molecule has 1 atom stereocenters. The smallest absolute Gasteiger partial charge is 0.329 e. The highest BCUT2D eigenvalue weighted by molar-refractivity contribution is 7.13. The van der Waals surface area contributed by atoms with Gasteiger partial charge in [-0.3, -0.25) is 5.73 Å². The Balaban J connectivity index is 2.00. The van der Waals surface area contributed by atoms with Gasteiger partial charge in [0.2, 0.25) is 0 Å². The number of fused-ring (bicyclic) bond motifs is 1. The maximum Gasteiger partial charge on any atom is 0.329 e. The Morgan fingerprint density at radius 2 is 1.90 bits per heavy atom. The molecule has 0 saturated carbocycles. The summed E-state index contributed by atoms with van der Waals surface area (Å²) >= 11 is 1.54. The average Bonchev–Trinajstić information content (AvgIpc) is 2.92. The number of hydrogen-bond acceptors (Lipinski definition) is 3. The fourth-order valence-corrected chi connectivity index (χ4v) is 3.05. The number of rotatable bonds is 3. The summed E-state index contributed by atoms with van der Waals surface area (Å²) in [6.45, 7) is 2.18. The normalized spacial score (nSPS) is 12.5. The summed E-state index contributed by atoms with van der Waals surface area (Å²) in [6.07, 6.45) is 0. The number of nitrogens with one attached hydrogen (secondary N) is 1. The van der Waals surface area contributed by atoms with Gasteiger partial charge in [-0.15, -0.1) is 0 Å². The van der Waals surface area contributed by atoms with Crippen LogP contribution in [0.1, 0.15) is 24.1 Å². The van der Waals surface area contributed by atoms with E-state index in [4.69, 9.17) is 10.5 Å². The Kier molecular flexibility index (Phi) is 3.32. The van der Waals surface area contributed by atoms with Gasteiger partial charge in [-0.1, -0.05) is 42.5 Å². The van der Waals surface area contributed by atoms with Crippen LogP contribution in [0.3, 0.4) is 0 Å². The Hall–Kier alpha value is -2.07. The third-order valence-corrected chi connectivity index (χ3v) is 4.35. The van der Waals surface area contributed by atoms with Crippen LogP contribution >= 0.6 is 11.3 Å². The summed E-state index contributed by atoms with van der Waals surface area (Å²) in [5, 5.41) is 5.24. The van der Waals surface area contributed by atoms with Crippen LogP contribution in [-0.4, -0.2) is 7.11 Å². The molecule has 0 aliphatic rings. The van der Waals surface area contributed by atoms with Crippen molar-refractivity contribution in [3.63, 3.8) is 0 Å². The molecule has 20 heavy (non-hydrogen) atoms. The fourth-order valence-electron chi connectivity index (χ4n) is 2.36. The lowest BCUT2D eigenvalue weighted by atomic mass is 9.96. The second-order valence-electron chi connectivity index (χ2n) is 4.87. The number of aromatic nitrogens is 1. The van der Waals surface area contributed by atoms with E-state index in [0.717, 1.165) is 16.6 Å². The molecule has 0 spiro atoms. The van der Waals surface area contributed by atoms with Crippen LogP contribution in [0.25, 0.3) is 10.8 Å². The van der Waals surface area contributed by atoms with Crippen molar-refractivity contribution in [1.82, 2.24) is 0 Å². The maximum atomic E-state index is 5.77. The zero-order valence-corrected chi connectivity index (χ0v) is 12.3. The van der Waals surface area contributed by atoms with Gasteiger partial charge in [-0.25, -0.2) is 4.98 Å². The van der Waals surface area contributed by atoms with E-state index in [2.05, 4.69) is 47.6 Å². The first-order chi connectivity index (χ1) is 9.67. The molecule has 3 aromatic rings. The summed E-state index contributed by atoms with van der Waals surface area (Å²) in [6, 6.07) is 12.7. The molecule has 0 bridgehead atoms. The van der Waals surface area contributed by atoms with Crippen molar-refractivity contribution in [2.45, 2.75) is 12.8 Å². The van der Waals surface area contributed by atoms with Crippen LogP contribution in [0.5, 0.6) is 5.75 Å². The molecule has 0 aliphatic heterocycles. The highest BCUT2D eigenvalue weighted by Gasteiger charge is 2.15. The standard InChI is InChI=1S/C16H16N2OS/c1-10(15-9-20-16(17)18-15)11-3-4-13-8-14(19-2)6-5-12(13)7-11/h3-10H,1-2H3,(H2,17,18)/p+1/t10-/m0/s1. The van der Waals surface area contributed by atoms with E-state index < -0.39 is 0 Å². The van der Waals surface area contributed by atoms with Gasteiger partial charge in [0.15, 0.2) is 0 Å². The van der Waals surface area contributed by atoms with E-state index in [9.17, 15) is 0 Å². The predicted octanol–water partition coefficient (Wildman–Crippen LogP) is 3.46. The Morgan fingerprint density at radius 3 is 2.60 bits per heavy atom. The van der Waals surface area contributed by atoms with E-state index in [-0.39, 0.29) is 0 Å². The number of nitrogens with two attached hydrogens (primary N) is 1. The molecule has 1 aromatic heterocycles. The van der Waals surface area contributed by atoms with Crippen molar-refractivity contribution in [3.8, 4) is 5.75 Å². The fraction of sp³-hybridized carbons (Fsp3) is 0.188. The van der Waals surface area contributed by atoms with Gasteiger partial charge in [0.05, 0.1) is 7.11 Å². The number of ether oxygens (including phenoxy) is 1. The minimum Gasteiger partial charge on any atom is -0.497 e. The van der Waals surface area contributed by atoms with Gasteiger partial charge >= 0.3 is 5.13 Å². The quantitative estimate of drug-likeness (QED) is 0.801. The van der Waals surface area contributed by atoms with Crippen LogP contribution in [0.2, 0.25) is 0 Å². The molecule has 0 fully saturated rings. The van der Waals surface area contributed by atoms with Crippen LogP contribution in [-0.2, 0) is 0 Å². The highest BCUT2D eigenvalue weighted by atomic mass is 32.1. The Bertz CT molecular complexity index is 751. The minimum atomic E-state index is 0.301. The Labute approximate surface area is 122 Å². The van der Waals surface area contributed by atoms with E-state index in [1.165, 1.54) is 16.3 Å². The van der Waals surface area contributed by atoms with Crippen molar-refractivity contribution in [1.29, 1.82) is 0 Å². The predicted molar refractivity (Wildman–Crippen MR) is 83.3 cm³/mol. The number of aromatic amines is 1. The van der Waals surface area contributed by atoms with E-state index in [1.807, 2.05) is 6.07 Å². The van der Waals surface area contributed by atoms with Crippen LogP contribution in [0, 0.1) is 0 Å². The van der Waals surface area contributed by atoms with Gasteiger partial charge in [-0.05, 0) is 28.5 Å². The molecular weight excluding hydrogens is 268 g/mol. The third-order valence-electron chi connectivity index (χ3n) is 3.62. The van der Waals surface area contributed by atoms with Gasteiger partial charge in [0.25, 0.3) is 0 Å². The van der Waals surface area contributed by atoms with Gasteiger partial charge in [0, 0.05) is 11.3 Å². The molecule has 3 nitrogen and oxygen atoms in total. The molecule has 3 rings (SSSR count). The lowest BCUT2D eigenvalue weighted by Crippen LogP contribution is -2.13. The van der Waals surface area contributed by atoms with Crippen molar-refractivity contribution >= 4 is 27.2 Å². The summed E-state index contributed by atoms with van der Waals surface area (Å²) in [7, 11) is 1.69. The number of H-pyrrole nitrogens is 1. The summed E-state index contributed by atoms with van der Waals surface area (Å²) in [5.74, 6) is 1.19. The van der Waals surface area contributed by atoms with Gasteiger partial charge < -0.3 is 4.74 Å². The largest absolute Gasteiger partial charge is 0.497 e. The first-order valence-electron chi connectivity index (χ1n) is 6.51. The topological polar surface area (TPSA) is 49.4 Å².